The van der Waals surface area contributed by atoms with E-state index >= 15 is 0 Å². The molecular formula is C5H6N2O3S. The molecule has 5 nitrogen and oxygen atoms in total. The number of hydrogen-bond donors (Lipinski definition) is 0. The van der Waals surface area contributed by atoms with Crippen LogP contribution in [0.3, 0.4) is 0 Å². The Labute approximate surface area is 67.3 Å². The van der Waals surface area contributed by atoms with Crippen molar-refractivity contribution in [2.24, 2.45) is 0 Å². The second-order valence-corrected chi connectivity index (χ2v) is 2.19. The van der Waals surface area contributed by atoms with Crippen molar-refractivity contribution in [2.75, 3.05) is 13.9 Å². The summed E-state index contributed by atoms with van der Waals surface area (Å²) in [6.45, 7) is -0.0592. The van der Waals surface area contributed by atoms with Gasteiger partial charge in [-0.2, -0.15) is 8.75 Å². The van der Waals surface area contributed by atoms with Crippen molar-refractivity contribution in [3.8, 4) is 0 Å². The van der Waals surface area contributed by atoms with E-state index in [2.05, 4.69) is 18.2 Å². The lowest BCUT2D eigenvalue weighted by atomic mass is 10.5. The van der Waals surface area contributed by atoms with Crippen LogP contribution in [-0.2, 0) is 9.47 Å². The number of aromatic nitrogens is 2. The Morgan fingerprint density at radius 2 is 2.64 bits per heavy atom. The van der Waals surface area contributed by atoms with Crippen LogP contribution < -0.4 is 0 Å². The van der Waals surface area contributed by atoms with Crippen molar-refractivity contribution in [2.45, 2.75) is 0 Å². The summed E-state index contributed by atoms with van der Waals surface area (Å²) in [5.74, 6) is -0.513. The van der Waals surface area contributed by atoms with Gasteiger partial charge in [-0.15, -0.1) is 0 Å². The Kier molecular flexibility index (Phi) is 2.94. The van der Waals surface area contributed by atoms with Crippen molar-refractivity contribution in [3.05, 3.63) is 11.9 Å². The Morgan fingerprint density at radius 3 is 3.18 bits per heavy atom. The molecule has 0 unspecified atom stereocenters. The smallest absolute Gasteiger partial charge is 0.361 e. The molecule has 0 atom stereocenters. The number of methoxy groups -OCH3 is 1. The first-order chi connectivity index (χ1) is 5.34. The summed E-state index contributed by atoms with van der Waals surface area (Å²) in [5.41, 5.74) is 0.215. The highest BCUT2D eigenvalue weighted by atomic mass is 32.1. The second-order valence-electron chi connectivity index (χ2n) is 1.63. The van der Waals surface area contributed by atoms with E-state index in [1.165, 1.54) is 13.3 Å². The third-order valence-electron chi connectivity index (χ3n) is 0.878. The zero-order valence-corrected chi connectivity index (χ0v) is 6.63. The van der Waals surface area contributed by atoms with Crippen molar-refractivity contribution in [3.63, 3.8) is 0 Å². The number of ether oxygens (including phenoxy) is 2. The van der Waals surface area contributed by atoms with Gasteiger partial charge in [-0.05, 0) is 0 Å². The molecule has 60 valence electrons. The van der Waals surface area contributed by atoms with Gasteiger partial charge >= 0.3 is 5.97 Å². The largest absolute Gasteiger partial charge is 0.434 e. The molecule has 0 radical (unpaired) electrons. The van der Waals surface area contributed by atoms with Gasteiger partial charge in [0.2, 0.25) is 0 Å². The fraction of sp³-hybridized carbons (Fsp3) is 0.400. The average Bonchev–Trinajstić information content (AvgIpc) is 2.52. The minimum Gasteiger partial charge on any atom is -0.434 e. The van der Waals surface area contributed by atoms with E-state index in [9.17, 15) is 4.79 Å². The molecule has 6 heteroatoms. The number of esters is 1. The monoisotopic (exact) mass is 174 g/mol. The van der Waals surface area contributed by atoms with Crippen LogP contribution in [0, 0.1) is 0 Å². The summed E-state index contributed by atoms with van der Waals surface area (Å²) in [6, 6.07) is 0. The highest BCUT2D eigenvalue weighted by Gasteiger charge is 2.08. The van der Waals surface area contributed by atoms with Crippen LogP contribution in [0.4, 0.5) is 0 Å². The third kappa shape index (κ3) is 2.24. The first kappa shape index (κ1) is 8.09. The maximum atomic E-state index is 10.9. The number of carbonyl (C=O) groups is 1. The van der Waals surface area contributed by atoms with Crippen molar-refractivity contribution < 1.29 is 14.3 Å². The molecule has 0 amide bonds. The zero-order valence-electron chi connectivity index (χ0n) is 5.81. The second kappa shape index (κ2) is 3.99. The van der Waals surface area contributed by atoms with Gasteiger partial charge in [-0.3, -0.25) is 0 Å². The molecule has 0 spiro atoms. The minimum atomic E-state index is -0.513. The summed E-state index contributed by atoms with van der Waals surface area (Å²) in [6.07, 6.45) is 1.35. The van der Waals surface area contributed by atoms with Gasteiger partial charge in [-0.25, -0.2) is 4.79 Å². The normalized spacial score (nSPS) is 9.55. The average molecular weight is 174 g/mol. The Balaban J connectivity index is 2.43. The number of hydrogen-bond acceptors (Lipinski definition) is 6. The molecule has 0 bridgehead atoms. The standard InChI is InChI=1S/C5H6N2O3S/c1-9-3-10-5(8)4-2-6-11-7-4/h2H,3H2,1H3. The predicted octanol–water partition coefficient (Wildman–Crippen LogP) is 0.299. The summed E-state index contributed by atoms with van der Waals surface area (Å²) in [4.78, 5) is 10.9. The first-order valence-corrected chi connectivity index (χ1v) is 3.51. The minimum absolute atomic E-state index is 0.0592. The molecule has 0 aliphatic rings. The molecule has 0 aromatic carbocycles. The molecule has 0 saturated heterocycles. The summed E-state index contributed by atoms with van der Waals surface area (Å²) < 4.78 is 16.4. The molecule has 1 rings (SSSR count). The summed E-state index contributed by atoms with van der Waals surface area (Å²) in [7, 11) is 1.44. The maximum absolute atomic E-state index is 10.9. The van der Waals surface area contributed by atoms with Gasteiger partial charge in [0.25, 0.3) is 0 Å². The van der Waals surface area contributed by atoms with E-state index in [1.54, 1.807) is 0 Å². The number of nitrogens with zero attached hydrogens (tertiary/aromatic N) is 2. The van der Waals surface area contributed by atoms with Crippen LogP contribution in [0.1, 0.15) is 10.5 Å². The first-order valence-electron chi connectivity index (χ1n) is 2.78. The van der Waals surface area contributed by atoms with E-state index < -0.39 is 5.97 Å². The molecule has 0 aliphatic carbocycles. The van der Waals surface area contributed by atoms with Crippen molar-refractivity contribution >= 4 is 17.7 Å². The number of rotatable bonds is 3. The molecule has 0 N–H and O–H groups in total. The van der Waals surface area contributed by atoms with Gasteiger partial charge in [-0.1, -0.05) is 0 Å². The van der Waals surface area contributed by atoms with Crippen molar-refractivity contribution in [1.29, 1.82) is 0 Å². The number of carbonyl (C=O) groups excluding carboxylic acids is 1. The molecule has 11 heavy (non-hydrogen) atoms. The van der Waals surface area contributed by atoms with E-state index in [4.69, 9.17) is 0 Å². The lowest BCUT2D eigenvalue weighted by Crippen LogP contribution is -2.07. The van der Waals surface area contributed by atoms with E-state index in [-0.39, 0.29) is 12.5 Å². The zero-order chi connectivity index (χ0) is 8.10. The van der Waals surface area contributed by atoms with Crippen LogP contribution in [0.2, 0.25) is 0 Å². The molecule has 1 aromatic rings. The van der Waals surface area contributed by atoms with Gasteiger partial charge in [0.1, 0.15) is 0 Å². The molecular weight excluding hydrogens is 168 g/mol. The van der Waals surface area contributed by atoms with Crippen LogP contribution in [0.25, 0.3) is 0 Å². The Bertz CT molecular complexity index is 224. The lowest BCUT2D eigenvalue weighted by Gasteiger charge is -1.97. The lowest BCUT2D eigenvalue weighted by molar-refractivity contribution is -0.0129. The maximum Gasteiger partial charge on any atom is 0.361 e. The quantitative estimate of drug-likeness (QED) is 0.487. The van der Waals surface area contributed by atoms with Crippen LogP contribution in [-0.4, -0.2) is 28.6 Å². The van der Waals surface area contributed by atoms with Crippen molar-refractivity contribution in [1.82, 2.24) is 8.75 Å². The summed E-state index contributed by atoms with van der Waals surface area (Å²) >= 11 is 0.960. The van der Waals surface area contributed by atoms with E-state index in [0.717, 1.165) is 11.7 Å². The molecule has 0 saturated carbocycles. The molecule has 1 aromatic heterocycles. The highest BCUT2D eigenvalue weighted by molar-refractivity contribution is 6.99. The molecule has 0 fully saturated rings. The SMILES string of the molecule is COCOC(=O)c1cnsn1. The van der Waals surface area contributed by atoms with Gasteiger partial charge < -0.3 is 9.47 Å². The predicted molar refractivity (Wildman–Crippen MR) is 37.2 cm³/mol. The Morgan fingerprint density at radius 1 is 1.82 bits per heavy atom. The third-order valence-corrected chi connectivity index (χ3v) is 1.36. The van der Waals surface area contributed by atoms with E-state index in [1.807, 2.05) is 0 Å². The van der Waals surface area contributed by atoms with Crippen LogP contribution >= 0.6 is 11.7 Å². The van der Waals surface area contributed by atoms with Crippen LogP contribution in [0.15, 0.2) is 6.20 Å². The topological polar surface area (TPSA) is 61.3 Å². The van der Waals surface area contributed by atoms with E-state index in [0.29, 0.717) is 0 Å². The fourth-order valence-corrected chi connectivity index (χ4v) is 0.845. The highest BCUT2D eigenvalue weighted by Crippen LogP contribution is 1.97. The van der Waals surface area contributed by atoms with Crippen LogP contribution in [0.5, 0.6) is 0 Å². The van der Waals surface area contributed by atoms with Gasteiger partial charge in [0.15, 0.2) is 12.5 Å². The molecule has 1 heterocycles. The summed E-state index contributed by atoms with van der Waals surface area (Å²) in [5, 5.41) is 0. The fourth-order valence-electron chi connectivity index (χ4n) is 0.441. The van der Waals surface area contributed by atoms with Gasteiger partial charge in [0.05, 0.1) is 17.9 Å². The molecule has 0 aliphatic heterocycles. The van der Waals surface area contributed by atoms with Gasteiger partial charge in [0, 0.05) is 7.11 Å². The Hall–Kier alpha value is -1.01.